The van der Waals surface area contributed by atoms with Gasteiger partial charge in [-0.3, -0.25) is 4.99 Å². The number of halogens is 3. The first kappa shape index (κ1) is 25.5. The molecule has 0 radical (unpaired) electrons. The van der Waals surface area contributed by atoms with E-state index in [4.69, 9.17) is 9.47 Å². The Bertz CT molecular complexity index is 835. The lowest BCUT2D eigenvalue weighted by atomic mass is 10.2. The number of rotatable bonds is 10. The summed E-state index contributed by atoms with van der Waals surface area (Å²) in [4.78, 5) is 4.16. The van der Waals surface area contributed by atoms with E-state index in [-0.39, 0.29) is 36.3 Å². The van der Waals surface area contributed by atoms with Crippen molar-refractivity contribution in [1.29, 1.82) is 0 Å². The number of nitrogens with zero attached hydrogens (tertiary/aromatic N) is 1. The first-order valence-electron chi connectivity index (χ1n) is 8.95. The topological polar surface area (TPSA) is 64.1 Å². The largest absolute Gasteiger partial charge is 0.497 e. The quantitative estimate of drug-likeness (QED) is 0.206. The summed E-state index contributed by atoms with van der Waals surface area (Å²) < 4.78 is 40.7. The second-order valence-electron chi connectivity index (χ2n) is 5.84. The molecule has 0 aliphatic carbocycles. The summed E-state index contributed by atoms with van der Waals surface area (Å²) in [5.41, 5.74) is 1.49. The van der Waals surface area contributed by atoms with Gasteiger partial charge in [0.15, 0.2) is 5.96 Å². The molecule has 0 amide bonds. The highest BCUT2D eigenvalue weighted by Crippen LogP contribution is 2.26. The molecule has 2 aromatic carbocycles. The van der Waals surface area contributed by atoms with Gasteiger partial charge in [0, 0.05) is 37.3 Å². The molecule has 0 aliphatic heterocycles. The van der Waals surface area contributed by atoms with E-state index in [1.165, 1.54) is 13.2 Å². The summed E-state index contributed by atoms with van der Waals surface area (Å²) in [6, 6.07) is 12.4. The first-order chi connectivity index (χ1) is 14.1. The number of benzene rings is 2. The van der Waals surface area contributed by atoms with Crippen LogP contribution in [0.25, 0.3) is 0 Å². The Balaban J connectivity index is 0.00000450. The fourth-order valence-corrected chi connectivity index (χ4v) is 2.53. The third-order valence-electron chi connectivity index (χ3n) is 3.94. The molecule has 2 rings (SSSR count). The zero-order valence-corrected chi connectivity index (χ0v) is 19.2. The SMILES string of the molecule is C=CCOc1ccccc1CNC(=NC)NCc1ccc(OC)cc1OC(F)F.I. The average Bonchev–Trinajstić information content (AvgIpc) is 2.73. The third kappa shape index (κ3) is 8.05. The number of para-hydroxylation sites is 1. The molecule has 6 nitrogen and oxygen atoms in total. The van der Waals surface area contributed by atoms with Crippen LogP contribution in [0.1, 0.15) is 11.1 Å². The average molecular weight is 533 g/mol. The lowest BCUT2D eigenvalue weighted by Crippen LogP contribution is -2.36. The van der Waals surface area contributed by atoms with E-state index >= 15 is 0 Å². The van der Waals surface area contributed by atoms with E-state index in [2.05, 4.69) is 26.9 Å². The number of hydrogen-bond donors (Lipinski definition) is 2. The number of methoxy groups -OCH3 is 1. The molecule has 0 saturated carbocycles. The Morgan fingerprint density at radius 3 is 2.37 bits per heavy atom. The van der Waals surface area contributed by atoms with Crippen LogP contribution in [0.15, 0.2) is 60.1 Å². The fourth-order valence-electron chi connectivity index (χ4n) is 2.53. The maximum atomic E-state index is 12.7. The summed E-state index contributed by atoms with van der Waals surface area (Å²) in [6.45, 7) is 1.84. The molecule has 9 heteroatoms. The van der Waals surface area contributed by atoms with E-state index in [1.54, 1.807) is 25.3 Å². The van der Waals surface area contributed by atoms with Crippen LogP contribution >= 0.6 is 24.0 Å². The zero-order valence-electron chi connectivity index (χ0n) is 16.9. The standard InChI is InChI=1S/C21H25F2N3O3.HI/c1-4-11-28-18-8-6-5-7-15(18)13-25-21(24-2)26-14-16-9-10-17(27-3)12-19(16)29-20(22)23;/h4-10,12,20H,1,11,13-14H2,2-3H3,(H2,24,25,26);1H. The van der Waals surface area contributed by atoms with Gasteiger partial charge in [0.05, 0.1) is 7.11 Å². The van der Waals surface area contributed by atoms with Gasteiger partial charge in [0.25, 0.3) is 0 Å². The van der Waals surface area contributed by atoms with Crippen LogP contribution in [0.4, 0.5) is 8.78 Å². The van der Waals surface area contributed by atoms with Gasteiger partial charge < -0.3 is 24.8 Å². The van der Waals surface area contributed by atoms with E-state index < -0.39 is 6.61 Å². The smallest absolute Gasteiger partial charge is 0.387 e. The second kappa shape index (κ2) is 13.6. The monoisotopic (exact) mass is 533 g/mol. The van der Waals surface area contributed by atoms with Crippen LogP contribution in [0, 0.1) is 0 Å². The van der Waals surface area contributed by atoms with Crippen molar-refractivity contribution in [1.82, 2.24) is 10.6 Å². The molecule has 0 atom stereocenters. The Morgan fingerprint density at radius 1 is 1.10 bits per heavy atom. The summed E-state index contributed by atoms with van der Waals surface area (Å²) in [5, 5.41) is 6.26. The molecular formula is C21H26F2IN3O3. The van der Waals surface area contributed by atoms with Gasteiger partial charge in [-0.15, -0.1) is 24.0 Å². The molecule has 0 spiro atoms. The maximum Gasteiger partial charge on any atom is 0.387 e. The van der Waals surface area contributed by atoms with Gasteiger partial charge in [-0.1, -0.05) is 30.9 Å². The summed E-state index contributed by atoms with van der Waals surface area (Å²) in [5.74, 6) is 1.73. The number of nitrogens with one attached hydrogen (secondary N) is 2. The number of hydrogen-bond acceptors (Lipinski definition) is 4. The highest BCUT2D eigenvalue weighted by molar-refractivity contribution is 14.0. The number of alkyl halides is 2. The van der Waals surface area contributed by atoms with Crippen molar-refractivity contribution in [3.05, 3.63) is 66.2 Å². The summed E-state index contributed by atoms with van der Waals surface area (Å²) in [6.07, 6.45) is 1.68. The van der Waals surface area contributed by atoms with Gasteiger partial charge in [-0.2, -0.15) is 8.78 Å². The van der Waals surface area contributed by atoms with E-state index in [1.807, 2.05) is 24.3 Å². The molecule has 30 heavy (non-hydrogen) atoms. The molecule has 0 saturated heterocycles. The third-order valence-corrected chi connectivity index (χ3v) is 3.94. The molecule has 0 fully saturated rings. The predicted molar refractivity (Wildman–Crippen MR) is 124 cm³/mol. The Hall–Kier alpha value is -2.56. The van der Waals surface area contributed by atoms with Crippen LogP contribution in [-0.4, -0.2) is 33.3 Å². The van der Waals surface area contributed by atoms with Crippen molar-refractivity contribution in [2.75, 3.05) is 20.8 Å². The molecule has 0 aromatic heterocycles. The van der Waals surface area contributed by atoms with Gasteiger partial charge in [0.1, 0.15) is 23.9 Å². The van der Waals surface area contributed by atoms with Crippen molar-refractivity contribution >= 4 is 29.9 Å². The normalized spacial score (nSPS) is 10.8. The van der Waals surface area contributed by atoms with Gasteiger partial charge in [-0.25, -0.2) is 0 Å². The van der Waals surface area contributed by atoms with Crippen molar-refractivity contribution in [2.24, 2.45) is 4.99 Å². The second-order valence-corrected chi connectivity index (χ2v) is 5.84. The van der Waals surface area contributed by atoms with Crippen molar-refractivity contribution in [3.63, 3.8) is 0 Å². The molecule has 2 N–H and O–H groups in total. The minimum atomic E-state index is -2.93. The van der Waals surface area contributed by atoms with Crippen LogP contribution in [0.2, 0.25) is 0 Å². The van der Waals surface area contributed by atoms with Crippen molar-refractivity contribution in [2.45, 2.75) is 19.7 Å². The number of guanidine groups is 1. The summed E-state index contributed by atoms with van der Waals surface area (Å²) >= 11 is 0. The minimum absolute atomic E-state index is 0. The highest BCUT2D eigenvalue weighted by atomic mass is 127. The molecule has 164 valence electrons. The molecule has 0 heterocycles. The van der Waals surface area contributed by atoms with E-state index in [9.17, 15) is 8.78 Å². The van der Waals surface area contributed by atoms with E-state index in [0.717, 1.165) is 11.3 Å². The van der Waals surface area contributed by atoms with Crippen LogP contribution in [0.5, 0.6) is 17.2 Å². The van der Waals surface area contributed by atoms with Crippen molar-refractivity contribution < 1.29 is 23.0 Å². The highest BCUT2D eigenvalue weighted by Gasteiger charge is 2.12. The van der Waals surface area contributed by atoms with Gasteiger partial charge in [0.2, 0.25) is 0 Å². The Labute approximate surface area is 192 Å². The van der Waals surface area contributed by atoms with Crippen molar-refractivity contribution in [3.8, 4) is 17.2 Å². The minimum Gasteiger partial charge on any atom is -0.497 e. The lowest BCUT2D eigenvalue weighted by molar-refractivity contribution is -0.0505. The Morgan fingerprint density at radius 2 is 1.77 bits per heavy atom. The van der Waals surface area contributed by atoms with E-state index in [0.29, 0.717) is 30.4 Å². The zero-order chi connectivity index (χ0) is 21.1. The first-order valence-corrected chi connectivity index (χ1v) is 8.95. The molecular weight excluding hydrogens is 507 g/mol. The Kier molecular flexibility index (Phi) is 11.6. The van der Waals surface area contributed by atoms with Crippen LogP contribution < -0.4 is 24.8 Å². The lowest BCUT2D eigenvalue weighted by Gasteiger charge is -2.16. The number of ether oxygens (including phenoxy) is 3. The number of aliphatic imine (C=N–C) groups is 1. The summed E-state index contributed by atoms with van der Waals surface area (Å²) in [7, 11) is 3.09. The van der Waals surface area contributed by atoms with Gasteiger partial charge >= 0.3 is 6.61 Å². The molecule has 0 bridgehead atoms. The van der Waals surface area contributed by atoms with Crippen LogP contribution in [0.3, 0.4) is 0 Å². The molecule has 0 aliphatic rings. The molecule has 2 aromatic rings. The predicted octanol–water partition coefficient (Wildman–Crippen LogP) is 4.34. The fraction of sp³-hybridized carbons (Fsp3) is 0.286. The molecule has 0 unspecified atom stereocenters. The maximum absolute atomic E-state index is 12.7. The van der Waals surface area contributed by atoms with Crippen LogP contribution in [-0.2, 0) is 13.1 Å². The van der Waals surface area contributed by atoms with Gasteiger partial charge in [-0.05, 0) is 18.2 Å².